The first-order chi connectivity index (χ1) is 17.6. The number of carbonyl (C=O) groups is 2. The fraction of sp³-hybridized carbons (Fsp3) is 0.517. The summed E-state index contributed by atoms with van der Waals surface area (Å²) >= 11 is 0. The average molecular weight is 494 g/mol. The van der Waals surface area contributed by atoms with E-state index in [1.165, 1.54) is 16.8 Å². The highest BCUT2D eigenvalue weighted by atomic mass is 16.6. The lowest BCUT2D eigenvalue weighted by Gasteiger charge is -2.38. The van der Waals surface area contributed by atoms with Crippen LogP contribution in [0.15, 0.2) is 48.5 Å². The van der Waals surface area contributed by atoms with E-state index in [1.54, 1.807) is 0 Å². The third-order valence-electron chi connectivity index (χ3n) is 7.24. The number of benzene rings is 2. The van der Waals surface area contributed by atoms with E-state index in [-0.39, 0.29) is 24.7 Å². The summed E-state index contributed by atoms with van der Waals surface area (Å²) in [5.41, 5.74) is 4.79. The molecule has 1 aliphatic carbocycles. The Morgan fingerprint density at radius 3 is 2.50 bits per heavy atom. The maximum atomic E-state index is 13.1. The van der Waals surface area contributed by atoms with E-state index in [0.717, 1.165) is 57.5 Å². The molecule has 0 N–H and O–H groups in total. The minimum atomic E-state index is -0.250. The van der Waals surface area contributed by atoms with Gasteiger partial charge in [0.25, 0.3) is 0 Å². The molecule has 7 nitrogen and oxygen atoms in total. The third kappa shape index (κ3) is 6.58. The Morgan fingerprint density at radius 2 is 1.78 bits per heavy atom. The molecule has 36 heavy (non-hydrogen) atoms. The molecule has 1 unspecified atom stereocenters. The first-order valence-corrected chi connectivity index (χ1v) is 13.3. The first kappa shape index (κ1) is 26.0. The van der Waals surface area contributed by atoms with Crippen LogP contribution in [0, 0.1) is 0 Å². The highest BCUT2D eigenvalue weighted by Crippen LogP contribution is 2.37. The zero-order valence-corrected chi connectivity index (χ0v) is 21.7. The number of esters is 1. The van der Waals surface area contributed by atoms with Crippen LogP contribution >= 0.6 is 0 Å². The van der Waals surface area contributed by atoms with Crippen LogP contribution in [0.4, 0.5) is 10.5 Å². The molecule has 0 spiro atoms. The second kappa shape index (κ2) is 12.8. The largest absolute Gasteiger partial charge is 0.466 e. The number of nitrogens with zero attached hydrogens (tertiary/aromatic N) is 3. The smallest absolute Gasteiger partial charge is 0.410 e. The van der Waals surface area contributed by atoms with Crippen molar-refractivity contribution < 1.29 is 19.1 Å². The Labute approximate surface area is 215 Å². The van der Waals surface area contributed by atoms with Gasteiger partial charge in [-0.25, -0.2) is 4.79 Å². The number of rotatable bonds is 9. The van der Waals surface area contributed by atoms with Gasteiger partial charge in [0.05, 0.1) is 19.1 Å². The lowest BCUT2D eigenvalue weighted by molar-refractivity contribution is -0.143. The molecule has 1 atom stereocenters. The second-order valence-electron chi connectivity index (χ2n) is 9.50. The van der Waals surface area contributed by atoms with Crippen LogP contribution in [-0.2, 0) is 27.3 Å². The lowest BCUT2D eigenvalue weighted by Crippen LogP contribution is -2.47. The number of hydrogen-bond donors (Lipinski definition) is 0. The second-order valence-corrected chi connectivity index (χ2v) is 9.50. The van der Waals surface area contributed by atoms with Crippen molar-refractivity contribution in [2.45, 2.75) is 52.2 Å². The van der Waals surface area contributed by atoms with Crippen LogP contribution < -0.4 is 4.90 Å². The van der Waals surface area contributed by atoms with Gasteiger partial charge in [0.15, 0.2) is 0 Å². The van der Waals surface area contributed by atoms with Gasteiger partial charge in [-0.15, -0.1) is 0 Å². The summed E-state index contributed by atoms with van der Waals surface area (Å²) in [6, 6.07) is 16.6. The Morgan fingerprint density at radius 1 is 1.00 bits per heavy atom. The van der Waals surface area contributed by atoms with Crippen molar-refractivity contribution in [2.24, 2.45) is 0 Å². The third-order valence-corrected chi connectivity index (χ3v) is 7.24. The van der Waals surface area contributed by atoms with Gasteiger partial charge >= 0.3 is 12.1 Å². The van der Waals surface area contributed by atoms with Crippen molar-refractivity contribution >= 4 is 17.7 Å². The molecule has 1 amide bonds. The van der Waals surface area contributed by atoms with Gasteiger partial charge in [-0.2, -0.15) is 0 Å². The zero-order valence-electron chi connectivity index (χ0n) is 21.7. The molecule has 1 saturated heterocycles. The molecule has 0 aromatic heterocycles. The van der Waals surface area contributed by atoms with Crippen molar-refractivity contribution in [1.82, 2.24) is 9.80 Å². The number of hydrogen-bond acceptors (Lipinski definition) is 6. The van der Waals surface area contributed by atoms with E-state index >= 15 is 0 Å². The molecule has 1 fully saturated rings. The molecule has 1 aliphatic heterocycles. The van der Waals surface area contributed by atoms with Gasteiger partial charge in [0.2, 0.25) is 0 Å². The monoisotopic (exact) mass is 493 g/mol. The van der Waals surface area contributed by atoms with Gasteiger partial charge in [0.1, 0.15) is 6.61 Å². The van der Waals surface area contributed by atoms with E-state index in [4.69, 9.17) is 9.47 Å². The number of fused-ring (bicyclic) bond motifs is 1. The van der Waals surface area contributed by atoms with Crippen molar-refractivity contribution in [1.29, 1.82) is 0 Å². The molecule has 0 saturated carbocycles. The number of aryl methyl sites for hydroxylation is 1. The van der Waals surface area contributed by atoms with E-state index < -0.39 is 0 Å². The minimum absolute atomic E-state index is 0.0350. The fourth-order valence-corrected chi connectivity index (χ4v) is 5.27. The topological polar surface area (TPSA) is 62.3 Å². The summed E-state index contributed by atoms with van der Waals surface area (Å²) in [4.78, 5) is 31.4. The molecule has 2 aromatic carbocycles. The standard InChI is InChI=1S/C29H39N3O4/c1-3-32(29(34)36-22-23-9-6-5-7-10-23)27-12-8-11-24-13-14-25(21-26(24)27)31-19-17-30(18-20-31)16-15-28(33)35-4-2/h5-7,9-10,13-14,21,27H,3-4,8,11-12,15-20,22H2,1-2H3. The van der Waals surface area contributed by atoms with Crippen LogP contribution in [0.1, 0.15) is 55.8 Å². The quantitative estimate of drug-likeness (QED) is 0.468. The van der Waals surface area contributed by atoms with Crippen molar-refractivity contribution in [2.75, 3.05) is 50.8 Å². The molecule has 0 bridgehead atoms. The molecule has 4 rings (SSSR count). The van der Waals surface area contributed by atoms with Crippen LogP contribution in [0.2, 0.25) is 0 Å². The van der Waals surface area contributed by atoms with Gasteiger partial charge < -0.3 is 19.3 Å². The highest BCUT2D eigenvalue weighted by Gasteiger charge is 2.30. The van der Waals surface area contributed by atoms with Crippen molar-refractivity contribution in [3.8, 4) is 0 Å². The summed E-state index contributed by atoms with van der Waals surface area (Å²) in [6.45, 7) is 9.63. The van der Waals surface area contributed by atoms with Gasteiger partial charge in [0, 0.05) is 45.0 Å². The average Bonchev–Trinajstić information content (AvgIpc) is 2.92. The summed E-state index contributed by atoms with van der Waals surface area (Å²) in [6.07, 6.45) is 3.26. The number of ether oxygens (including phenoxy) is 2. The Bertz CT molecular complexity index is 1000. The summed E-state index contributed by atoms with van der Waals surface area (Å²) in [5.74, 6) is -0.122. The van der Waals surface area contributed by atoms with Gasteiger partial charge in [-0.05, 0) is 61.9 Å². The van der Waals surface area contributed by atoms with Crippen LogP contribution in [0.3, 0.4) is 0 Å². The SMILES string of the molecule is CCOC(=O)CCN1CCN(c2ccc3c(c2)C(N(CC)C(=O)OCc2ccccc2)CCC3)CC1. The molecular formula is C29H39N3O4. The Kier molecular flexibility index (Phi) is 9.23. The molecule has 7 heteroatoms. The van der Waals surface area contributed by atoms with E-state index in [1.807, 2.05) is 49.1 Å². The van der Waals surface area contributed by atoms with Gasteiger partial charge in [-0.1, -0.05) is 36.4 Å². The summed E-state index contributed by atoms with van der Waals surface area (Å²) in [7, 11) is 0. The maximum absolute atomic E-state index is 13.1. The van der Waals surface area contributed by atoms with Crippen LogP contribution in [0.25, 0.3) is 0 Å². The molecular weight excluding hydrogens is 454 g/mol. The Balaban J connectivity index is 1.39. The highest BCUT2D eigenvalue weighted by molar-refractivity contribution is 5.69. The molecule has 2 aliphatic rings. The van der Waals surface area contributed by atoms with Crippen LogP contribution in [-0.4, -0.2) is 67.7 Å². The zero-order chi connectivity index (χ0) is 25.3. The molecule has 2 aromatic rings. The summed E-state index contributed by atoms with van der Waals surface area (Å²) < 4.78 is 10.8. The van der Waals surface area contributed by atoms with Gasteiger partial charge in [-0.3, -0.25) is 9.69 Å². The number of carbonyl (C=O) groups excluding carboxylic acids is 2. The molecule has 0 radical (unpaired) electrons. The molecule has 194 valence electrons. The number of amides is 1. The number of anilines is 1. The lowest BCUT2D eigenvalue weighted by atomic mass is 9.86. The van der Waals surface area contributed by atoms with E-state index in [0.29, 0.717) is 19.6 Å². The van der Waals surface area contributed by atoms with Crippen LogP contribution in [0.5, 0.6) is 0 Å². The van der Waals surface area contributed by atoms with E-state index in [2.05, 4.69) is 28.0 Å². The Hall–Kier alpha value is -3.06. The first-order valence-electron chi connectivity index (χ1n) is 13.3. The summed E-state index contributed by atoms with van der Waals surface area (Å²) in [5, 5.41) is 0. The maximum Gasteiger partial charge on any atom is 0.410 e. The predicted molar refractivity (Wildman–Crippen MR) is 141 cm³/mol. The van der Waals surface area contributed by atoms with Crippen molar-refractivity contribution in [3.05, 3.63) is 65.2 Å². The van der Waals surface area contributed by atoms with E-state index in [9.17, 15) is 9.59 Å². The predicted octanol–water partition coefficient (Wildman–Crippen LogP) is 4.80. The molecule has 1 heterocycles. The number of piperazine rings is 1. The fourth-order valence-electron chi connectivity index (χ4n) is 5.27. The minimum Gasteiger partial charge on any atom is -0.466 e. The van der Waals surface area contributed by atoms with Crippen molar-refractivity contribution in [3.63, 3.8) is 0 Å². The normalized spacial score (nSPS) is 17.8.